The second-order valence-corrected chi connectivity index (χ2v) is 4.43. The summed E-state index contributed by atoms with van der Waals surface area (Å²) in [5.74, 6) is 0.378. The normalized spacial score (nSPS) is 11.4. The third-order valence-corrected chi connectivity index (χ3v) is 2.98. The van der Waals surface area contributed by atoms with E-state index in [0.717, 1.165) is 17.7 Å². The van der Waals surface area contributed by atoms with Crippen molar-refractivity contribution in [2.24, 2.45) is 0 Å². The monoisotopic (exact) mass is 285 g/mol. The van der Waals surface area contributed by atoms with E-state index in [-0.39, 0.29) is 6.61 Å². The first-order chi connectivity index (χ1) is 8.97. The maximum absolute atomic E-state index is 12.4. The van der Waals surface area contributed by atoms with Gasteiger partial charge in [0.25, 0.3) is 0 Å². The smallest absolute Gasteiger partial charge is 0.489 e. The predicted molar refractivity (Wildman–Crippen MR) is 70.9 cm³/mol. The summed E-state index contributed by atoms with van der Waals surface area (Å²) in [6.45, 7) is -4.74. The molecule has 6 heteroatoms. The van der Waals surface area contributed by atoms with Gasteiger partial charge in [-0.2, -0.15) is 0 Å². The van der Waals surface area contributed by atoms with Gasteiger partial charge in [-0.05, 0) is 18.2 Å². The first-order valence-electron chi connectivity index (χ1n) is 5.63. The third kappa shape index (κ3) is 3.67. The van der Waals surface area contributed by atoms with Crippen LogP contribution in [-0.2, 0) is 6.61 Å². The molecule has 0 heterocycles. The van der Waals surface area contributed by atoms with E-state index in [1.54, 1.807) is 18.2 Å². The van der Waals surface area contributed by atoms with Crippen LogP contribution in [0.25, 0.3) is 0 Å². The van der Waals surface area contributed by atoms with Crippen LogP contribution in [0, 0.1) is 0 Å². The summed E-state index contributed by atoms with van der Waals surface area (Å²) in [6, 6.07) is 11.8. The molecular formula is C13H10BClF3O-. The third-order valence-electron chi connectivity index (χ3n) is 2.61. The number of rotatable bonds is 4. The Morgan fingerprint density at radius 1 is 0.947 bits per heavy atom. The Balaban J connectivity index is 2.03. The molecule has 1 nitrogen and oxygen atoms in total. The van der Waals surface area contributed by atoms with Crippen molar-refractivity contribution in [2.75, 3.05) is 0 Å². The zero-order valence-electron chi connectivity index (χ0n) is 9.82. The topological polar surface area (TPSA) is 9.23 Å². The van der Waals surface area contributed by atoms with Crippen molar-refractivity contribution in [1.82, 2.24) is 0 Å². The molecule has 0 atom stereocenters. The summed E-state index contributed by atoms with van der Waals surface area (Å²) >= 11 is 5.95. The van der Waals surface area contributed by atoms with Crippen molar-refractivity contribution in [1.29, 1.82) is 0 Å². The molecule has 0 aliphatic rings. The van der Waals surface area contributed by atoms with E-state index in [2.05, 4.69) is 0 Å². The molecule has 0 radical (unpaired) electrons. The molecule has 0 saturated heterocycles. The van der Waals surface area contributed by atoms with E-state index in [9.17, 15) is 12.9 Å². The number of hydrogen-bond donors (Lipinski definition) is 0. The number of benzene rings is 2. The molecule has 0 bridgehead atoms. The summed E-state index contributed by atoms with van der Waals surface area (Å²) in [7, 11) is 0. The lowest BCUT2D eigenvalue weighted by atomic mass is 9.80. The predicted octanol–water partition coefficient (Wildman–Crippen LogP) is 3.97. The van der Waals surface area contributed by atoms with Crippen molar-refractivity contribution in [3.05, 3.63) is 59.1 Å². The van der Waals surface area contributed by atoms with Gasteiger partial charge in [0.1, 0.15) is 12.4 Å². The van der Waals surface area contributed by atoms with Gasteiger partial charge < -0.3 is 17.7 Å². The van der Waals surface area contributed by atoms with Crippen molar-refractivity contribution < 1.29 is 17.7 Å². The SMILES string of the molecule is F[B-](F)(F)c1ccc(OCc2ccccc2Cl)cc1. The fourth-order valence-electron chi connectivity index (χ4n) is 1.56. The lowest BCUT2D eigenvalue weighted by Crippen LogP contribution is -2.33. The number of ether oxygens (including phenoxy) is 1. The summed E-state index contributed by atoms with van der Waals surface area (Å²) < 4.78 is 42.7. The zero-order valence-corrected chi connectivity index (χ0v) is 10.6. The average Bonchev–Trinajstić information content (AvgIpc) is 2.37. The molecule has 0 fully saturated rings. The van der Waals surface area contributed by atoms with Crippen LogP contribution in [0.4, 0.5) is 12.9 Å². The van der Waals surface area contributed by atoms with Crippen LogP contribution in [0.2, 0.25) is 5.02 Å². The zero-order chi connectivity index (χ0) is 13.9. The summed E-state index contributed by atoms with van der Waals surface area (Å²) in [5.41, 5.74) is 0.151. The Bertz CT molecular complexity index is 555. The molecule has 2 aromatic rings. The van der Waals surface area contributed by atoms with Crippen molar-refractivity contribution >= 4 is 24.0 Å². The molecule has 0 N–H and O–H groups in total. The van der Waals surface area contributed by atoms with E-state index in [1.165, 1.54) is 12.1 Å². The highest BCUT2D eigenvalue weighted by atomic mass is 35.5. The van der Waals surface area contributed by atoms with Gasteiger partial charge in [-0.3, -0.25) is 0 Å². The second-order valence-electron chi connectivity index (χ2n) is 4.02. The van der Waals surface area contributed by atoms with Crippen LogP contribution in [0.1, 0.15) is 5.56 Å². The number of halogens is 4. The van der Waals surface area contributed by atoms with E-state index in [0.29, 0.717) is 10.8 Å². The minimum Gasteiger partial charge on any atom is -0.489 e. The minimum absolute atomic E-state index is 0.218. The highest BCUT2D eigenvalue weighted by Crippen LogP contribution is 2.18. The molecule has 2 aromatic carbocycles. The summed E-state index contributed by atoms with van der Waals surface area (Å²) in [5, 5.41) is 0.567. The van der Waals surface area contributed by atoms with Crippen LogP contribution >= 0.6 is 11.6 Å². The lowest BCUT2D eigenvalue weighted by molar-refractivity contribution is 0.306. The van der Waals surface area contributed by atoms with Gasteiger partial charge in [0.2, 0.25) is 0 Å². The molecule has 0 saturated carbocycles. The molecule has 2 rings (SSSR count). The Labute approximate surface area is 114 Å². The van der Waals surface area contributed by atoms with Gasteiger partial charge in [-0.25, -0.2) is 0 Å². The highest BCUT2D eigenvalue weighted by molar-refractivity contribution is 6.73. The van der Waals surface area contributed by atoms with E-state index >= 15 is 0 Å². The van der Waals surface area contributed by atoms with Crippen LogP contribution < -0.4 is 10.2 Å². The molecular weight excluding hydrogens is 275 g/mol. The maximum Gasteiger partial charge on any atom is 0.509 e. The van der Waals surface area contributed by atoms with Crippen LogP contribution in [0.15, 0.2) is 48.5 Å². The fraction of sp³-hybridized carbons (Fsp3) is 0.0769. The molecule has 0 spiro atoms. The van der Waals surface area contributed by atoms with Gasteiger partial charge in [-0.1, -0.05) is 41.9 Å². The minimum atomic E-state index is -4.96. The summed E-state index contributed by atoms with van der Waals surface area (Å²) in [4.78, 5) is 0. The maximum atomic E-state index is 12.4. The summed E-state index contributed by atoms with van der Waals surface area (Å²) in [6.07, 6.45) is 0. The largest absolute Gasteiger partial charge is 0.509 e. The van der Waals surface area contributed by atoms with Crippen LogP contribution in [0.3, 0.4) is 0 Å². The molecule has 19 heavy (non-hydrogen) atoms. The lowest BCUT2D eigenvalue weighted by Gasteiger charge is -2.15. The average molecular weight is 285 g/mol. The first kappa shape index (κ1) is 13.8. The Morgan fingerprint density at radius 2 is 1.58 bits per heavy atom. The van der Waals surface area contributed by atoms with E-state index < -0.39 is 12.4 Å². The fourth-order valence-corrected chi connectivity index (χ4v) is 1.75. The molecule has 0 aliphatic heterocycles. The standard InChI is InChI=1S/C13H10BClF3O/c15-13-4-2-1-3-10(13)9-19-12-7-5-11(6-8-12)14(16,17)18/h1-8H,9H2/q-1. The van der Waals surface area contributed by atoms with Crippen LogP contribution in [-0.4, -0.2) is 6.98 Å². The Kier molecular flexibility index (Phi) is 4.05. The van der Waals surface area contributed by atoms with Gasteiger partial charge >= 0.3 is 6.98 Å². The Hall–Kier alpha value is -1.62. The molecule has 0 unspecified atom stereocenters. The second kappa shape index (κ2) is 5.57. The van der Waals surface area contributed by atoms with Gasteiger partial charge in [0, 0.05) is 10.6 Å². The van der Waals surface area contributed by atoms with E-state index in [4.69, 9.17) is 16.3 Å². The highest BCUT2D eigenvalue weighted by Gasteiger charge is 2.24. The van der Waals surface area contributed by atoms with E-state index in [1.807, 2.05) is 6.07 Å². The van der Waals surface area contributed by atoms with Gasteiger partial charge in [0.05, 0.1) is 0 Å². The Morgan fingerprint density at radius 3 is 2.16 bits per heavy atom. The van der Waals surface area contributed by atoms with Crippen molar-refractivity contribution in [3.8, 4) is 5.75 Å². The van der Waals surface area contributed by atoms with Gasteiger partial charge in [-0.15, -0.1) is 5.46 Å². The molecule has 0 aromatic heterocycles. The van der Waals surface area contributed by atoms with Gasteiger partial charge in [0.15, 0.2) is 0 Å². The quantitative estimate of drug-likeness (QED) is 0.772. The molecule has 100 valence electrons. The number of hydrogen-bond acceptors (Lipinski definition) is 1. The van der Waals surface area contributed by atoms with Crippen molar-refractivity contribution in [2.45, 2.75) is 6.61 Å². The first-order valence-corrected chi connectivity index (χ1v) is 6.01. The molecule has 0 aliphatic carbocycles. The molecule has 0 amide bonds. The van der Waals surface area contributed by atoms with Crippen molar-refractivity contribution in [3.63, 3.8) is 0 Å². The van der Waals surface area contributed by atoms with Crippen LogP contribution in [0.5, 0.6) is 5.75 Å².